The Morgan fingerprint density at radius 3 is 2.29 bits per heavy atom. The number of anilines is 1. The zero-order chi connectivity index (χ0) is 44.6. The van der Waals surface area contributed by atoms with Crippen LogP contribution in [0.15, 0.2) is 76.6 Å². The summed E-state index contributed by atoms with van der Waals surface area (Å²) >= 11 is 12.8. The molecule has 6 aromatic rings. The number of carbonyl (C=O) groups is 4. The van der Waals surface area contributed by atoms with E-state index in [1.165, 1.54) is 44.2 Å². The van der Waals surface area contributed by atoms with Crippen LogP contribution >= 0.6 is 23.2 Å². The molecule has 4 aromatic heterocycles. The van der Waals surface area contributed by atoms with E-state index in [0.29, 0.717) is 70.2 Å². The monoisotopic (exact) mass is 891 g/mol. The van der Waals surface area contributed by atoms with Crippen molar-refractivity contribution in [2.75, 3.05) is 25.1 Å². The number of aryl methyl sites for hydroxylation is 2. The second-order valence-electron chi connectivity index (χ2n) is 16.5. The minimum atomic E-state index is -0.791. The highest BCUT2D eigenvalue weighted by atomic mass is 35.5. The lowest BCUT2D eigenvalue weighted by Gasteiger charge is -2.32. The van der Waals surface area contributed by atoms with E-state index < -0.39 is 29.5 Å². The molecule has 1 unspecified atom stereocenters. The van der Waals surface area contributed by atoms with Gasteiger partial charge in [-0.05, 0) is 86.6 Å². The van der Waals surface area contributed by atoms with Gasteiger partial charge in [0.2, 0.25) is 17.7 Å². The summed E-state index contributed by atoms with van der Waals surface area (Å²) < 4.78 is 12.0. The maximum Gasteiger partial charge on any atom is 0.329 e. The summed E-state index contributed by atoms with van der Waals surface area (Å²) in [7, 11) is 4.72. The number of rotatable bonds is 8. The Morgan fingerprint density at radius 2 is 1.60 bits per heavy atom. The Hall–Kier alpha value is -6.52. The molecule has 0 aliphatic carbocycles. The Labute approximate surface area is 370 Å². The van der Waals surface area contributed by atoms with Crippen molar-refractivity contribution in [2.24, 2.45) is 14.1 Å². The molecule has 3 aliphatic rings. The van der Waals surface area contributed by atoms with Gasteiger partial charge >= 0.3 is 5.69 Å². The molecular formula is C45H43Cl2N9O7. The minimum Gasteiger partial charge on any atom is -0.480 e. The zero-order valence-corrected chi connectivity index (χ0v) is 36.6. The first-order chi connectivity index (χ1) is 30.2. The number of methoxy groups -OCH3 is 1. The molecule has 2 saturated heterocycles. The first kappa shape index (κ1) is 41.8. The van der Waals surface area contributed by atoms with Crippen LogP contribution in [0.2, 0.25) is 10.0 Å². The SMILES string of the molecule is COc1ncc(C(=O)N2CCC(c3ccc4c(c3)n(C)c(=O)n4C3CCC(=O)NC3=O)CC2)cc1-c1nc2c(n1C(C)C)[C@H](c1ccc(Cl)cc1)N(c1cc(Cl)cn(C)c1=O)C2=O. The summed E-state index contributed by atoms with van der Waals surface area (Å²) in [5.74, 6) is -0.864. The number of amides is 4. The second-order valence-corrected chi connectivity index (χ2v) is 17.4. The fourth-order valence-electron chi connectivity index (χ4n) is 9.31. The van der Waals surface area contributed by atoms with E-state index in [9.17, 15) is 28.8 Å². The number of halogens is 2. The van der Waals surface area contributed by atoms with Gasteiger partial charge < -0.3 is 18.8 Å². The predicted molar refractivity (Wildman–Crippen MR) is 236 cm³/mol. The Balaban J connectivity index is 1.02. The molecular weight excluding hydrogens is 849 g/mol. The van der Waals surface area contributed by atoms with Crippen molar-refractivity contribution < 1.29 is 23.9 Å². The summed E-state index contributed by atoms with van der Waals surface area (Å²) in [6, 6.07) is 14.2. The number of ether oxygens (including phenoxy) is 1. The van der Waals surface area contributed by atoms with Gasteiger partial charge in [0.25, 0.3) is 17.4 Å². The lowest BCUT2D eigenvalue weighted by molar-refractivity contribution is -0.135. The van der Waals surface area contributed by atoms with Gasteiger partial charge in [0.15, 0.2) is 5.69 Å². The van der Waals surface area contributed by atoms with Gasteiger partial charge in [0, 0.05) is 57.1 Å². The first-order valence-electron chi connectivity index (χ1n) is 20.6. The number of imide groups is 1. The van der Waals surface area contributed by atoms with E-state index in [1.54, 1.807) is 49.3 Å². The smallest absolute Gasteiger partial charge is 0.329 e. The number of hydrogen-bond acceptors (Lipinski definition) is 9. The molecule has 2 aromatic carbocycles. The van der Waals surface area contributed by atoms with Crippen LogP contribution in [0, 0.1) is 0 Å². The van der Waals surface area contributed by atoms with Crippen molar-refractivity contribution in [3.8, 4) is 17.3 Å². The number of imidazole rings is 2. The molecule has 0 bridgehead atoms. The van der Waals surface area contributed by atoms with Gasteiger partial charge in [-0.15, -0.1) is 0 Å². The first-order valence-corrected chi connectivity index (χ1v) is 21.4. The lowest BCUT2D eigenvalue weighted by Crippen LogP contribution is -2.44. The number of piperidine rings is 2. The molecule has 3 aliphatic heterocycles. The average molecular weight is 893 g/mol. The van der Waals surface area contributed by atoms with Gasteiger partial charge in [-0.1, -0.05) is 41.4 Å². The maximum atomic E-state index is 14.6. The molecule has 324 valence electrons. The van der Waals surface area contributed by atoms with E-state index in [0.717, 1.165) is 5.56 Å². The predicted octanol–water partition coefficient (Wildman–Crippen LogP) is 5.94. The van der Waals surface area contributed by atoms with E-state index in [1.807, 2.05) is 36.6 Å². The third-order valence-corrected chi connectivity index (χ3v) is 12.9. The van der Waals surface area contributed by atoms with E-state index in [-0.39, 0.29) is 64.6 Å². The van der Waals surface area contributed by atoms with E-state index in [2.05, 4.69) is 10.3 Å². The highest BCUT2D eigenvalue weighted by molar-refractivity contribution is 6.31. The van der Waals surface area contributed by atoms with Crippen LogP contribution in [0.5, 0.6) is 5.88 Å². The molecule has 4 amide bonds. The van der Waals surface area contributed by atoms with Crippen molar-refractivity contribution in [3.05, 3.63) is 126 Å². The Kier molecular flexibility index (Phi) is 10.6. The van der Waals surface area contributed by atoms with Crippen LogP contribution in [0.3, 0.4) is 0 Å². The van der Waals surface area contributed by atoms with Crippen molar-refractivity contribution in [3.63, 3.8) is 0 Å². The fraction of sp³-hybridized carbons (Fsp3) is 0.333. The van der Waals surface area contributed by atoms with Gasteiger partial charge in [0.1, 0.15) is 23.6 Å². The Bertz CT molecular complexity index is 3010. The van der Waals surface area contributed by atoms with Crippen molar-refractivity contribution in [2.45, 2.75) is 63.6 Å². The van der Waals surface area contributed by atoms with Crippen molar-refractivity contribution in [1.29, 1.82) is 0 Å². The summed E-state index contributed by atoms with van der Waals surface area (Å²) in [5.41, 5.74) is 3.77. The van der Waals surface area contributed by atoms with Gasteiger partial charge in [-0.2, -0.15) is 0 Å². The second kappa shape index (κ2) is 16.0. The molecule has 9 rings (SSSR count). The zero-order valence-electron chi connectivity index (χ0n) is 35.1. The van der Waals surface area contributed by atoms with Crippen LogP contribution in [0.1, 0.15) is 101 Å². The normalized spacial score (nSPS) is 18.1. The maximum absolute atomic E-state index is 14.6. The van der Waals surface area contributed by atoms with Crippen LogP contribution < -0.4 is 26.2 Å². The Morgan fingerprint density at radius 1 is 0.889 bits per heavy atom. The summed E-state index contributed by atoms with van der Waals surface area (Å²) in [6.45, 7) is 4.84. The summed E-state index contributed by atoms with van der Waals surface area (Å²) in [5, 5.41) is 3.13. The molecule has 63 heavy (non-hydrogen) atoms. The standard InChI is InChI=1S/C45H43Cl2N9O7/c1-23(2)54-38-36(44(61)56(34-20-29(47)22-51(3)43(34)60)37(38)25-6-9-28(46)10-7-25)50-39(54)30-18-27(21-48-41(30)63-5)42(59)53-16-14-24(15-17-53)26-8-11-31-33(19-26)52(4)45(62)55(31)32-12-13-35(57)49-40(32)58/h6-11,18-24,32,37H,12-17H2,1-5H3,(H,49,57,58)/t32?,37-/m0/s1. The lowest BCUT2D eigenvalue weighted by atomic mass is 9.89. The number of nitrogens with zero attached hydrogens (tertiary/aromatic N) is 8. The molecule has 2 fully saturated rings. The highest BCUT2D eigenvalue weighted by Gasteiger charge is 2.46. The van der Waals surface area contributed by atoms with Gasteiger partial charge in [-0.25, -0.2) is 14.8 Å². The van der Waals surface area contributed by atoms with Crippen LogP contribution in [-0.4, -0.2) is 77.0 Å². The molecule has 2 atom stereocenters. The average Bonchev–Trinajstić information content (AvgIpc) is 3.88. The minimum absolute atomic E-state index is 0.0930. The highest BCUT2D eigenvalue weighted by Crippen LogP contribution is 2.45. The molecule has 0 spiro atoms. The summed E-state index contributed by atoms with van der Waals surface area (Å²) in [6.07, 6.45) is 4.71. The number of benzene rings is 2. The number of aromatic nitrogens is 6. The van der Waals surface area contributed by atoms with Crippen molar-refractivity contribution in [1.82, 2.24) is 38.5 Å². The van der Waals surface area contributed by atoms with E-state index in [4.69, 9.17) is 32.9 Å². The van der Waals surface area contributed by atoms with Crippen LogP contribution in [0.4, 0.5) is 5.69 Å². The molecule has 16 nitrogen and oxygen atoms in total. The number of hydrogen-bond donors (Lipinski definition) is 1. The van der Waals surface area contributed by atoms with E-state index >= 15 is 0 Å². The van der Waals surface area contributed by atoms with Gasteiger partial charge in [-0.3, -0.25) is 43.3 Å². The largest absolute Gasteiger partial charge is 0.480 e. The van der Waals surface area contributed by atoms with Gasteiger partial charge in [0.05, 0.1) is 40.0 Å². The number of likely N-dealkylation sites (tertiary alicyclic amines) is 1. The fourth-order valence-corrected chi connectivity index (χ4v) is 9.69. The van der Waals surface area contributed by atoms with Crippen LogP contribution in [-0.2, 0) is 23.7 Å². The molecule has 0 radical (unpaired) electrons. The molecule has 0 saturated carbocycles. The summed E-state index contributed by atoms with van der Waals surface area (Å²) in [4.78, 5) is 93.0. The molecule has 18 heteroatoms. The molecule has 7 heterocycles. The van der Waals surface area contributed by atoms with Crippen LogP contribution in [0.25, 0.3) is 22.4 Å². The number of pyridine rings is 2. The topological polar surface area (TPSA) is 176 Å². The number of fused-ring (bicyclic) bond motifs is 2. The molecule has 1 N–H and O–H groups in total. The third-order valence-electron chi connectivity index (χ3n) is 12.4. The number of carbonyl (C=O) groups excluding carboxylic acids is 4. The third kappa shape index (κ3) is 7.01. The number of nitrogens with one attached hydrogen (secondary N) is 1. The van der Waals surface area contributed by atoms with Crippen molar-refractivity contribution >= 4 is 63.6 Å². The quantitative estimate of drug-likeness (QED) is 0.181.